The molecule has 0 unspecified atom stereocenters. The molecule has 2 aromatic rings. The summed E-state index contributed by atoms with van der Waals surface area (Å²) >= 11 is 0. The molecule has 0 spiro atoms. The highest BCUT2D eigenvalue weighted by Gasteiger charge is 2.51. The van der Waals surface area contributed by atoms with E-state index in [1.807, 2.05) is 58.0 Å². The molecule has 0 amide bonds. The van der Waals surface area contributed by atoms with Crippen molar-refractivity contribution in [3.63, 3.8) is 0 Å². The average Bonchev–Trinajstić information content (AvgIpc) is 2.84. The Morgan fingerprint density at radius 3 is 2.23 bits per heavy atom. The largest absolute Gasteiger partial charge is 0.497 e. The van der Waals surface area contributed by atoms with Crippen molar-refractivity contribution in [1.29, 1.82) is 0 Å². The third kappa shape index (κ3) is 4.02. The Balaban J connectivity index is 1.59. The minimum absolute atomic E-state index is 0.372. The van der Waals surface area contributed by atoms with Gasteiger partial charge < -0.3 is 18.8 Å². The lowest BCUT2D eigenvalue weighted by Crippen LogP contribution is -2.41. The van der Waals surface area contributed by atoms with Gasteiger partial charge in [-0.05, 0) is 51.5 Å². The summed E-state index contributed by atoms with van der Waals surface area (Å²) in [6.45, 7) is 8.72. The molecule has 1 aromatic carbocycles. The van der Waals surface area contributed by atoms with Gasteiger partial charge in [0.25, 0.3) is 0 Å². The van der Waals surface area contributed by atoms with E-state index in [0.717, 1.165) is 17.6 Å². The molecular formula is C20H26BNO4. The summed E-state index contributed by atoms with van der Waals surface area (Å²) in [5, 5.41) is 0. The molecule has 2 heterocycles. The van der Waals surface area contributed by atoms with Crippen LogP contribution in [0.25, 0.3) is 0 Å². The Kier molecular flexibility index (Phi) is 5.25. The predicted octanol–water partition coefficient (Wildman–Crippen LogP) is 3.01. The maximum absolute atomic E-state index is 6.07. The molecule has 26 heavy (non-hydrogen) atoms. The van der Waals surface area contributed by atoms with Crippen molar-refractivity contribution >= 4 is 12.6 Å². The second kappa shape index (κ2) is 7.29. The van der Waals surface area contributed by atoms with Gasteiger partial charge in [0.2, 0.25) is 0 Å². The van der Waals surface area contributed by atoms with Crippen molar-refractivity contribution in [2.45, 2.75) is 45.3 Å². The average molecular weight is 355 g/mol. The minimum atomic E-state index is -0.433. The van der Waals surface area contributed by atoms with Gasteiger partial charge in [0, 0.05) is 18.1 Å². The summed E-state index contributed by atoms with van der Waals surface area (Å²) in [6, 6.07) is 9.93. The smallest absolute Gasteiger partial charge is 0.496 e. The van der Waals surface area contributed by atoms with Crippen LogP contribution in [-0.4, -0.2) is 37.0 Å². The number of hydrogen-bond donors (Lipinski definition) is 0. The van der Waals surface area contributed by atoms with Crippen LogP contribution in [0.3, 0.4) is 0 Å². The molecule has 1 fully saturated rings. The number of benzene rings is 1. The van der Waals surface area contributed by atoms with Gasteiger partial charge in [-0.3, -0.25) is 4.98 Å². The lowest BCUT2D eigenvalue weighted by Gasteiger charge is -2.32. The number of rotatable bonds is 6. The van der Waals surface area contributed by atoms with Crippen LogP contribution in [0.1, 0.15) is 33.3 Å². The second-order valence-electron chi connectivity index (χ2n) is 7.49. The number of nitrogens with zero attached hydrogens (tertiary/aromatic N) is 1. The van der Waals surface area contributed by atoms with Gasteiger partial charge in [-0.15, -0.1) is 0 Å². The molecular weight excluding hydrogens is 329 g/mol. The molecule has 138 valence electrons. The quantitative estimate of drug-likeness (QED) is 0.746. The molecule has 1 aliphatic heterocycles. The number of ether oxygens (including phenoxy) is 2. The normalized spacial score (nSPS) is 18.0. The molecule has 1 aromatic heterocycles. The van der Waals surface area contributed by atoms with E-state index in [9.17, 15) is 0 Å². The molecule has 0 atom stereocenters. The van der Waals surface area contributed by atoms with E-state index in [4.69, 9.17) is 18.8 Å². The van der Waals surface area contributed by atoms with Crippen molar-refractivity contribution in [3.8, 4) is 11.5 Å². The maximum atomic E-state index is 6.07. The third-order valence-electron chi connectivity index (χ3n) is 5.08. The first kappa shape index (κ1) is 18.7. The van der Waals surface area contributed by atoms with Gasteiger partial charge in [-0.1, -0.05) is 12.1 Å². The standard InChI is InChI=1S/C20H26BNO4/c1-19(2)20(3,4)26-21(25-19)16-12-18(14-22-13-16)24-11-10-15-6-8-17(23-5)9-7-15/h6-9,12-14H,10-11H2,1-5H3. The zero-order chi connectivity index (χ0) is 18.8. The third-order valence-corrected chi connectivity index (χ3v) is 5.08. The van der Waals surface area contributed by atoms with Crippen LogP contribution in [-0.2, 0) is 15.7 Å². The number of hydrogen-bond acceptors (Lipinski definition) is 5. The van der Waals surface area contributed by atoms with Crippen molar-refractivity contribution in [3.05, 3.63) is 48.3 Å². The van der Waals surface area contributed by atoms with Crippen LogP contribution in [0, 0.1) is 0 Å². The van der Waals surface area contributed by atoms with Crippen LogP contribution >= 0.6 is 0 Å². The fourth-order valence-electron chi connectivity index (χ4n) is 2.70. The Bertz CT molecular complexity index is 730. The lowest BCUT2D eigenvalue weighted by molar-refractivity contribution is 0.00578. The van der Waals surface area contributed by atoms with Gasteiger partial charge in [-0.25, -0.2) is 0 Å². The van der Waals surface area contributed by atoms with Crippen molar-refractivity contribution in [2.75, 3.05) is 13.7 Å². The monoisotopic (exact) mass is 355 g/mol. The molecule has 3 rings (SSSR count). The molecule has 0 N–H and O–H groups in total. The van der Waals surface area contributed by atoms with Gasteiger partial charge in [0.1, 0.15) is 11.5 Å². The molecule has 0 bridgehead atoms. The van der Waals surface area contributed by atoms with Crippen LogP contribution < -0.4 is 14.9 Å². The highest BCUT2D eigenvalue weighted by atomic mass is 16.7. The van der Waals surface area contributed by atoms with E-state index in [-0.39, 0.29) is 11.2 Å². The summed E-state index contributed by atoms with van der Waals surface area (Å²) in [4.78, 5) is 4.27. The van der Waals surface area contributed by atoms with Crippen molar-refractivity contribution in [1.82, 2.24) is 4.98 Å². The van der Waals surface area contributed by atoms with E-state index < -0.39 is 7.12 Å². The lowest BCUT2D eigenvalue weighted by atomic mass is 9.80. The fraction of sp³-hybridized carbons (Fsp3) is 0.450. The molecule has 0 radical (unpaired) electrons. The van der Waals surface area contributed by atoms with E-state index in [0.29, 0.717) is 12.4 Å². The first-order chi connectivity index (χ1) is 12.3. The van der Waals surface area contributed by atoms with Crippen LogP contribution in [0.4, 0.5) is 0 Å². The maximum Gasteiger partial charge on any atom is 0.496 e. The first-order valence-corrected chi connectivity index (χ1v) is 8.87. The minimum Gasteiger partial charge on any atom is -0.497 e. The van der Waals surface area contributed by atoms with Crippen molar-refractivity contribution in [2.24, 2.45) is 0 Å². The summed E-state index contributed by atoms with van der Waals surface area (Å²) in [7, 11) is 1.23. The molecule has 0 saturated carbocycles. The van der Waals surface area contributed by atoms with Gasteiger partial charge in [-0.2, -0.15) is 0 Å². The summed E-state index contributed by atoms with van der Waals surface area (Å²) in [5.74, 6) is 1.57. The Morgan fingerprint density at radius 2 is 1.62 bits per heavy atom. The van der Waals surface area contributed by atoms with Crippen LogP contribution in [0.2, 0.25) is 0 Å². The summed E-state index contributed by atoms with van der Waals surface area (Å²) in [6.07, 6.45) is 4.28. The Labute approximate surface area is 155 Å². The van der Waals surface area contributed by atoms with Gasteiger partial charge in [0.15, 0.2) is 0 Å². The highest BCUT2D eigenvalue weighted by molar-refractivity contribution is 6.62. The molecule has 1 aliphatic rings. The molecule has 5 nitrogen and oxygen atoms in total. The number of aromatic nitrogens is 1. The van der Waals surface area contributed by atoms with E-state index >= 15 is 0 Å². The van der Waals surface area contributed by atoms with Crippen LogP contribution in [0.5, 0.6) is 11.5 Å². The SMILES string of the molecule is COc1ccc(CCOc2cncc(B3OC(C)(C)C(C)(C)O3)c2)cc1. The van der Waals surface area contributed by atoms with Gasteiger partial charge >= 0.3 is 7.12 Å². The molecule has 6 heteroatoms. The van der Waals surface area contributed by atoms with E-state index in [2.05, 4.69) is 4.98 Å². The van der Waals surface area contributed by atoms with E-state index in [1.165, 1.54) is 5.56 Å². The zero-order valence-electron chi connectivity index (χ0n) is 16.1. The zero-order valence-corrected chi connectivity index (χ0v) is 16.1. The van der Waals surface area contributed by atoms with E-state index in [1.54, 1.807) is 19.5 Å². The van der Waals surface area contributed by atoms with Crippen molar-refractivity contribution < 1.29 is 18.8 Å². The van der Waals surface area contributed by atoms with Crippen LogP contribution in [0.15, 0.2) is 42.7 Å². The highest BCUT2D eigenvalue weighted by Crippen LogP contribution is 2.36. The topological polar surface area (TPSA) is 49.8 Å². The summed E-state index contributed by atoms with van der Waals surface area (Å²) < 4.78 is 23.2. The first-order valence-electron chi connectivity index (χ1n) is 8.87. The summed E-state index contributed by atoms with van der Waals surface area (Å²) in [5.41, 5.74) is 1.32. The molecule has 0 aliphatic carbocycles. The predicted molar refractivity (Wildman–Crippen MR) is 102 cm³/mol. The number of pyridine rings is 1. The Morgan fingerprint density at radius 1 is 0.962 bits per heavy atom. The fourth-order valence-corrected chi connectivity index (χ4v) is 2.70. The molecule has 1 saturated heterocycles. The van der Waals surface area contributed by atoms with Gasteiger partial charge in [0.05, 0.1) is 31.1 Å². The second-order valence-corrected chi connectivity index (χ2v) is 7.49. The number of methoxy groups -OCH3 is 1. The Hall–Kier alpha value is -2.05.